The van der Waals surface area contributed by atoms with Crippen molar-refractivity contribution < 1.29 is 13.6 Å². The number of hydrogen-bond donors (Lipinski definition) is 0. The molecule has 3 nitrogen and oxygen atoms in total. The summed E-state index contributed by atoms with van der Waals surface area (Å²) in [5.41, 5.74) is 2.08. The Morgan fingerprint density at radius 3 is 2.45 bits per heavy atom. The van der Waals surface area contributed by atoms with Gasteiger partial charge in [0, 0.05) is 16.0 Å². The summed E-state index contributed by atoms with van der Waals surface area (Å²) in [6.45, 7) is 5.50. The van der Waals surface area contributed by atoms with Crippen molar-refractivity contribution in [3.63, 3.8) is 0 Å². The standard InChI is InChI=1S/C16H13ClO3/c1-8-9(2)19-10(3)15(8)16(18)14-7-11-6-12(17)4-5-13(11)20-14/h4-7H,1-3H3. The maximum Gasteiger partial charge on any atom is 0.232 e. The molecule has 20 heavy (non-hydrogen) atoms. The minimum absolute atomic E-state index is 0.163. The second-order valence-electron chi connectivity index (χ2n) is 4.84. The Hall–Kier alpha value is -2.00. The summed E-state index contributed by atoms with van der Waals surface area (Å²) < 4.78 is 11.1. The van der Waals surface area contributed by atoms with Gasteiger partial charge < -0.3 is 8.83 Å². The molecule has 0 spiro atoms. The molecular formula is C16H13ClO3. The minimum atomic E-state index is -0.163. The first kappa shape index (κ1) is 13.0. The Morgan fingerprint density at radius 2 is 1.80 bits per heavy atom. The van der Waals surface area contributed by atoms with Crippen LogP contribution in [-0.2, 0) is 0 Å². The van der Waals surface area contributed by atoms with E-state index in [1.54, 1.807) is 31.2 Å². The lowest BCUT2D eigenvalue weighted by Gasteiger charge is -1.96. The molecule has 102 valence electrons. The molecule has 3 rings (SSSR count). The third-order valence-corrected chi connectivity index (χ3v) is 3.73. The minimum Gasteiger partial charge on any atom is -0.466 e. The van der Waals surface area contributed by atoms with Crippen molar-refractivity contribution in [1.29, 1.82) is 0 Å². The van der Waals surface area contributed by atoms with E-state index in [4.69, 9.17) is 20.4 Å². The fraction of sp³-hybridized carbons (Fsp3) is 0.188. The van der Waals surface area contributed by atoms with Crippen LogP contribution in [0.5, 0.6) is 0 Å². The summed E-state index contributed by atoms with van der Waals surface area (Å²) in [6.07, 6.45) is 0. The van der Waals surface area contributed by atoms with Crippen molar-refractivity contribution >= 4 is 28.4 Å². The lowest BCUT2D eigenvalue weighted by atomic mass is 10.0. The Balaban J connectivity index is 2.12. The van der Waals surface area contributed by atoms with Gasteiger partial charge in [0.05, 0.1) is 5.56 Å². The lowest BCUT2D eigenvalue weighted by molar-refractivity contribution is 0.101. The monoisotopic (exact) mass is 288 g/mol. The van der Waals surface area contributed by atoms with Crippen LogP contribution in [0.1, 0.15) is 33.2 Å². The summed E-state index contributed by atoms with van der Waals surface area (Å²) in [6, 6.07) is 6.98. The number of ketones is 1. The zero-order valence-electron chi connectivity index (χ0n) is 11.4. The van der Waals surface area contributed by atoms with Gasteiger partial charge in [0.15, 0.2) is 5.76 Å². The quantitative estimate of drug-likeness (QED) is 0.634. The van der Waals surface area contributed by atoms with E-state index in [1.165, 1.54) is 0 Å². The molecule has 0 N–H and O–H groups in total. The van der Waals surface area contributed by atoms with Crippen LogP contribution in [0, 0.1) is 20.8 Å². The van der Waals surface area contributed by atoms with Gasteiger partial charge in [-0.3, -0.25) is 4.79 Å². The number of rotatable bonds is 2. The Labute approximate surface area is 121 Å². The van der Waals surface area contributed by atoms with Crippen LogP contribution in [0.15, 0.2) is 33.1 Å². The van der Waals surface area contributed by atoms with E-state index in [1.807, 2.05) is 13.8 Å². The zero-order valence-corrected chi connectivity index (χ0v) is 12.2. The molecule has 1 aromatic carbocycles. The molecular weight excluding hydrogens is 276 g/mol. The van der Waals surface area contributed by atoms with Gasteiger partial charge in [-0.25, -0.2) is 0 Å². The summed E-state index contributed by atoms with van der Waals surface area (Å²) >= 11 is 5.94. The number of hydrogen-bond acceptors (Lipinski definition) is 3. The highest BCUT2D eigenvalue weighted by molar-refractivity contribution is 6.31. The third kappa shape index (κ3) is 1.95. The maximum atomic E-state index is 12.6. The molecule has 2 aromatic heterocycles. The summed E-state index contributed by atoms with van der Waals surface area (Å²) in [4.78, 5) is 12.6. The molecule has 0 aliphatic carbocycles. The number of fused-ring (bicyclic) bond motifs is 1. The SMILES string of the molecule is Cc1oc(C)c(C(=O)c2cc3cc(Cl)ccc3o2)c1C. The molecule has 0 amide bonds. The molecule has 0 radical (unpaired) electrons. The maximum absolute atomic E-state index is 12.6. The van der Waals surface area contributed by atoms with Crippen molar-refractivity contribution in [3.05, 3.63) is 57.7 Å². The Kier molecular flexibility index (Phi) is 2.94. The molecule has 0 saturated carbocycles. The van der Waals surface area contributed by atoms with Crippen LogP contribution in [0.2, 0.25) is 5.02 Å². The summed E-state index contributed by atoms with van der Waals surface area (Å²) in [5.74, 6) is 1.51. The molecule has 0 aliphatic rings. The number of furan rings is 2. The largest absolute Gasteiger partial charge is 0.466 e. The number of carbonyl (C=O) groups is 1. The van der Waals surface area contributed by atoms with Gasteiger partial charge in [-0.05, 0) is 45.0 Å². The van der Waals surface area contributed by atoms with E-state index in [0.717, 1.165) is 16.7 Å². The molecule has 0 atom stereocenters. The first-order chi connectivity index (χ1) is 9.47. The molecule has 3 aromatic rings. The average Bonchev–Trinajstić information content (AvgIpc) is 2.91. The summed E-state index contributed by atoms with van der Waals surface area (Å²) in [5, 5.41) is 1.43. The number of halogens is 1. The van der Waals surface area contributed by atoms with Crippen molar-refractivity contribution in [2.45, 2.75) is 20.8 Å². The van der Waals surface area contributed by atoms with Crippen LogP contribution >= 0.6 is 11.6 Å². The molecule has 0 bridgehead atoms. The Morgan fingerprint density at radius 1 is 1.05 bits per heavy atom. The molecule has 0 fully saturated rings. The highest BCUT2D eigenvalue weighted by Gasteiger charge is 2.22. The molecule has 2 heterocycles. The third-order valence-electron chi connectivity index (χ3n) is 3.49. The van der Waals surface area contributed by atoms with Crippen LogP contribution < -0.4 is 0 Å². The van der Waals surface area contributed by atoms with Gasteiger partial charge in [-0.15, -0.1) is 0 Å². The average molecular weight is 289 g/mol. The molecule has 0 aliphatic heterocycles. The van der Waals surface area contributed by atoms with E-state index < -0.39 is 0 Å². The molecule has 0 saturated heterocycles. The van der Waals surface area contributed by atoms with Crippen LogP contribution in [0.25, 0.3) is 11.0 Å². The van der Waals surface area contributed by atoms with Crippen molar-refractivity contribution in [2.24, 2.45) is 0 Å². The van der Waals surface area contributed by atoms with Crippen LogP contribution in [-0.4, -0.2) is 5.78 Å². The highest BCUT2D eigenvalue weighted by Crippen LogP contribution is 2.28. The molecule has 4 heteroatoms. The van der Waals surface area contributed by atoms with Crippen LogP contribution in [0.4, 0.5) is 0 Å². The van der Waals surface area contributed by atoms with Crippen molar-refractivity contribution in [2.75, 3.05) is 0 Å². The zero-order chi connectivity index (χ0) is 14.4. The highest BCUT2D eigenvalue weighted by atomic mass is 35.5. The van der Waals surface area contributed by atoms with Gasteiger partial charge in [-0.2, -0.15) is 0 Å². The predicted molar refractivity (Wildman–Crippen MR) is 77.6 cm³/mol. The van der Waals surface area contributed by atoms with Gasteiger partial charge >= 0.3 is 0 Å². The normalized spacial score (nSPS) is 11.2. The predicted octanol–water partition coefficient (Wildman–Crippen LogP) is 4.84. The fourth-order valence-electron chi connectivity index (χ4n) is 2.38. The second-order valence-corrected chi connectivity index (χ2v) is 5.27. The first-order valence-corrected chi connectivity index (χ1v) is 6.65. The van der Waals surface area contributed by atoms with E-state index in [9.17, 15) is 4.79 Å². The van der Waals surface area contributed by atoms with Crippen molar-refractivity contribution in [1.82, 2.24) is 0 Å². The topological polar surface area (TPSA) is 43.4 Å². The van der Waals surface area contributed by atoms with Gasteiger partial charge in [0.2, 0.25) is 5.78 Å². The number of aryl methyl sites for hydroxylation is 2. The van der Waals surface area contributed by atoms with E-state index in [-0.39, 0.29) is 5.78 Å². The Bertz CT molecular complexity index is 824. The van der Waals surface area contributed by atoms with Crippen LogP contribution in [0.3, 0.4) is 0 Å². The fourth-order valence-corrected chi connectivity index (χ4v) is 2.56. The first-order valence-electron chi connectivity index (χ1n) is 6.27. The number of carbonyl (C=O) groups excluding carboxylic acids is 1. The van der Waals surface area contributed by atoms with E-state index in [0.29, 0.717) is 27.7 Å². The van der Waals surface area contributed by atoms with Crippen molar-refractivity contribution in [3.8, 4) is 0 Å². The number of benzene rings is 1. The smallest absolute Gasteiger partial charge is 0.232 e. The second kappa shape index (κ2) is 4.53. The van der Waals surface area contributed by atoms with E-state index in [2.05, 4.69) is 0 Å². The van der Waals surface area contributed by atoms with Gasteiger partial charge in [0.25, 0.3) is 0 Å². The van der Waals surface area contributed by atoms with Gasteiger partial charge in [-0.1, -0.05) is 11.6 Å². The molecule has 0 unspecified atom stereocenters. The van der Waals surface area contributed by atoms with E-state index >= 15 is 0 Å². The van der Waals surface area contributed by atoms with Gasteiger partial charge in [0.1, 0.15) is 17.1 Å². The lowest BCUT2D eigenvalue weighted by Crippen LogP contribution is -2.02. The summed E-state index contributed by atoms with van der Waals surface area (Å²) in [7, 11) is 0.